The zero-order valence-electron chi connectivity index (χ0n) is 11.9. The second-order valence-electron chi connectivity index (χ2n) is 5.82. The van der Waals surface area contributed by atoms with E-state index in [1.165, 1.54) is 30.5 Å². The van der Waals surface area contributed by atoms with E-state index in [0.29, 0.717) is 0 Å². The van der Waals surface area contributed by atoms with Crippen molar-refractivity contribution < 1.29 is 27.8 Å². The van der Waals surface area contributed by atoms with Crippen LogP contribution < -0.4 is 0 Å². The molecule has 8 heteroatoms. The summed E-state index contributed by atoms with van der Waals surface area (Å²) < 4.78 is 30.6. The van der Waals surface area contributed by atoms with Crippen LogP contribution in [0.15, 0.2) is 27.9 Å². The summed E-state index contributed by atoms with van der Waals surface area (Å²) in [5.74, 6) is -1.10. The zero-order valence-corrected chi connectivity index (χ0v) is 12.8. The molecule has 0 spiro atoms. The van der Waals surface area contributed by atoms with Crippen molar-refractivity contribution in [3.8, 4) is 0 Å². The predicted molar refractivity (Wildman–Crippen MR) is 73.1 cm³/mol. The van der Waals surface area contributed by atoms with Crippen molar-refractivity contribution in [1.29, 1.82) is 0 Å². The average Bonchev–Trinajstić information content (AvgIpc) is 2.93. The molecule has 0 unspecified atom stereocenters. The lowest BCUT2D eigenvalue weighted by molar-refractivity contribution is -0.169. The third-order valence-electron chi connectivity index (χ3n) is 4.38. The Hall–Kier alpha value is -1.38. The Labute approximate surface area is 123 Å². The molecule has 1 aromatic rings. The van der Waals surface area contributed by atoms with E-state index in [2.05, 4.69) is 0 Å². The second kappa shape index (κ2) is 5.11. The third-order valence-corrected chi connectivity index (χ3v) is 6.25. The van der Waals surface area contributed by atoms with E-state index in [4.69, 9.17) is 4.42 Å². The van der Waals surface area contributed by atoms with E-state index in [9.17, 15) is 23.4 Å². The van der Waals surface area contributed by atoms with Gasteiger partial charge in [0, 0.05) is 13.1 Å². The number of rotatable bonds is 4. The first-order chi connectivity index (χ1) is 9.61. The molecule has 1 aliphatic heterocycles. The minimum atomic E-state index is -3.65. The minimum absolute atomic E-state index is 0.0606. The lowest BCUT2D eigenvalue weighted by Gasteiger charge is -2.44. The van der Waals surface area contributed by atoms with Gasteiger partial charge in [0.1, 0.15) is 11.2 Å². The van der Waals surface area contributed by atoms with E-state index < -0.39 is 27.0 Å². The molecule has 0 radical (unpaired) electrons. The number of carboxylic acids is 1. The Morgan fingerprint density at radius 2 is 1.95 bits per heavy atom. The van der Waals surface area contributed by atoms with Gasteiger partial charge in [0.05, 0.1) is 17.3 Å². The van der Waals surface area contributed by atoms with Crippen molar-refractivity contribution in [3.63, 3.8) is 0 Å². The van der Waals surface area contributed by atoms with Crippen LogP contribution in [0.2, 0.25) is 0 Å². The fraction of sp³-hybridized carbons (Fsp3) is 0.615. The summed E-state index contributed by atoms with van der Waals surface area (Å²) in [6.07, 6.45) is 2.57. The summed E-state index contributed by atoms with van der Waals surface area (Å²) in [7, 11) is -3.65. The molecular weight excluding hydrogens is 298 g/mol. The summed E-state index contributed by atoms with van der Waals surface area (Å²) in [5.41, 5.74) is -2.76. The van der Waals surface area contributed by atoms with Crippen molar-refractivity contribution in [3.05, 3.63) is 18.6 Å². The molecule has 0 atom stereocenters. The Morgan fingerprint density at radius 1 is 1.38 bits per heavy atom. The van der Waals surface area contributed by atoms with Gasteiger partial charge >= 0.3 is 5.97 Å². The second-order valence-corrected chi connectivity index (χ2v) is 7.76. The Kier molecular flexibility index (Phi) is 3.90. The number of piperidine rings is 1. The molecule has 0 saturated carbocycles. The molecule has 0 bridgehead atoms. The van der Waals surface area contributed by atoms with Crippen molar-refractivity contribution >= 4 is 16.0 Å². The predicted octanol–water partition coefficient (Wildman–Crippen LogP) is 0.906. The number of aliphatic hydroxyl groups is 1. The maximum atomic E-state index is 12.3. The van der Waals surface area contributed by atoms with E-state index in [1.807, 2.05) is 0 Å². The first-order valence-corrected chi connectivity index (χ1v) is 8.03. The molecule has 2 N–H and O–H groups in total. The molecule has 0 aliphatic carbocycles. The van der Waals surface area contributed by atoms with Crippen LogP contribution in [-0.4, -0.2) is 47.6 Å². The lowest BCUT2D eigenvalue weighted by atomic mass is 9.70. The van der Waals surface area contributed by atoms with Crippen molar-refractivity contribution in [2.24, 2.45) is 5.41 Å². The van der Waals surface area contributed by atoms with Gasteiger partial charge in [0.2, 0.25) is 10.0 Å². The third kappa shape index (κ3) is 2.58. The van der Waals surface area contributed by atoms with Gasteiger partial charge in [-0.15, -0.1) is 0 Å². The molecule has 7 nitrogen and oxygen atoms in total. The van der Waals surface area contributed by atoms with Crippen molar-refractivity contribution in [1.82, 2.24) is 4.31 Å². The van der Waals surface area contributed by atoms with E-state index in [1.54, 1.807) is 0 Å². The fourth-order valence-corrected chi connectivity index (χ4v) is 3.83. The van der Waals surface area contributed by atoms with Crippen LogP contribution in [0, 0.1) is 5.41 Å². The summed E-state index contributed by atoms with van der Waals surface area (Å²) in [6.45, 7) is 3.05. The Bertz CT molecular complexity index is 611. The van der Waals surface area contributed by atoms with E-state index >= 15 is 0 Å². The number of nitrogens with zero attached hydrogens (tertiary/aromatic N) is 1. The SMILES string of the molecule is CC(C)(C(=O)O)C1(O)CCN(S(=O)(=O)c2ccoc2)CC1. The minimum Gasteiger partial charge on any atom is -0.481 e. The van der Waals surface area contributed by atoms with Crippen molar-refractivity contribution in [2.45, 2.75) is 37.2 Å². The molecule has 1 aliphatic rings. The normalized spacial score (nSPS) is 20.3. The highest BCUT2D eigenvalue weighted by molar-refractivity contribution is 7.89. The molecule has 21 heavy (non-hydrogen) atoms. The van der Waals surface area contributed by atoms with Gasteiger partial charge in [-0.1, -0.05) is 0 Å². The molecule has 0 amide bonds. The van der Waals surface area contributed by atoms with E-state index in [0.717, 1.165) is 6.26 Å². The maximum Gasteiger partial charge on any atom is 0.312 e. The zero-order chi connectivity index (χ0) is 15.9. The number of sulfonamides is 1. The smallest absolute Gasteiger partial charge is 0.312 e. The van der Waals surface area contributed by atoms with Crippen LogP contribution in [0.25, 0.3) is 0 Å². The number of hydrogen-bond acceptors (Lipinski definition) is 5. The lowest BCUT2D eigenvalue weighted by Crippen LogP contribution is -2.56. The van der Waals surface area contributed by atoms with Gasteiger partial charge in [-0.2, -0.15) is 4.31 Å². The van der Waals surface area contributed by atoms with E-state index in [-0.39, 0.29) is 30.8 Å². The van der Waals surface area contributed by atoms with Gasteiger partial charge in [0.15, 0.2) is 0 Å². The monoisotopic (exact) mass is 317 g/mol. The summed E-state index contributed by atoms with van der Waals surface area (Å²) in [4.78, 5) is 11.3. The molecule has 2 heterocycles. The first kappa shape index (κ1) is 16.0. The fourth-order valence-electron chi connectivity index (χ4n) is 2.47. The molecule has 0 aromatic carbocycles. The molecule has 2 rings (SSSR count). The largest absolute Gasteiger partial charge is 0.481 e. The highest BCUT2D eigenvalue weighted by Gasteiger charge is 2.51. The van der Waals surface area contributed by atoms with Crippen LogP contribution in [-0.2, 0) is 14.8 Å². The van der Waals surface area contributed by atoms with Crippen molar-refractivity contribution in [2.75, 3.05) is 13.1 Å². The number of carbonyl (C=O) groups is 1. The topological polar surface area (TPSA) is 108 Å². The summed E-state index contributed by atoms with van der Waals surface area (Å²) in [5, 5.41) is 19.8. The van der Waals surface area contributed by atoms with Gasteiger partial charge < -0.3 is 14.6 Å². The molecule has 1 fully saturated rings. The van der Waals surface area contributed by atoms with Crippen LogP contribution >= 0.6 is 0 Å². The van der Waals surface area contributed by atoms with Gasteiger partial charge in [-0.05, 0) is 32.8 Å². The standard InChI is InChI=1S/C13H19NO6S/c1-12(2,11(15)16)13(17)4-6-14(7-5-13)21(18,19)10-3-8-20-9-10/h3,8-9,17H,4-7H2,1-2H3,(H,15,16). The maximum absolute atomic E-state index is 12.3. The van der Waals surface area contributed by atoms with Gasteiger partial charge in [0.25, 0.3) is 0 Å². The number of carboxylic acid groups (broad SMARTS) is 1. The highest BCUT2D eigenvalue weighted by Crippen LogP contribution is 2.40. The molecule has 1 aromatic heterocycles. The van der Waals surface area contributed by atoms with Crippen LogP contribution in [0.4, 0.5) is 0 Å². The highest BCUT2D eigenvalue weighted by atomic mass is 32.2. The molecule has 118 valence electrons. The van der Waals surface area contributed by atoms with Crippen LogP contribution in [0.5, 0.6) is 0 Å². The number of aliphatic carboxylic acids is 1. The average molecular weight is 317 g/mol. The van der Waals surface area contributed by atoms with Crippen LogP contribution in [0.3, 0.4) is 0 Å². The quantitative estimate of drug-likeness (QED) is 0.854. The summed E-state index contributed by atoms with van der Waals surface area (Å²) in [6, 6.07) is 1.36. The molecule has 1 saturated heterocycles. The summed E-state index contributed by atoms with van der Waals surface area (Å²) >= 11 is 0. The Morgan fingerprint density at radius 3 is 2.38 bits per heavy atom. The Balaban J connectivity index is 2.16. The van der Waals surface area contributed by atoms with Gasteiger partial charge in [-0.25, -0.2) is 8.42 Å². The molecular formula is C13H19NO6S. The van der Waals surface area contributed by atoms with Crippen LogP contribution in [0.1, 0.15) is 26.7 Å². The van der Waals surface area contributed by atoms with Gasteiger partial charge in [-0.3, -0.25) is 4.79 Å². The number of hydrogen-bond donors (Lipinski definition) is 2. The first-order valence-electron chi connectivity index (χ1n) is 6.59. The number of furan rings is 1.